The van der Waals surface area contributed by atoms with Crippen molar-refractivity contribution in [2.45, 2.75) is 45.2 Å². The molecule has 1 aromatic rings. The smallest absolute Gasteiger partial charge is 0.0388 e. The fraction of sp³-hybridized carbons (Fsp3) is 0.647. The summed E-state index contributed by atoms with van der Waals surface area (Å²) in [5, 5.41) is 3.72. The molecule has 0 amide bonds. The van der Waals surface area contributed by atoms with Crippen LogP contribution in [0.2, 0.25) is 0 Å². The van der Waals surface area contributed by atoms with Crippen LogP contribution in [-0.2, 0) is 0 Å². The number of nitrogens with one attached hydrogen (secondary N) is 1. The molecule has 1 aliphatic heterocycles. The van der Waals surface area contributed by atoms with Gasteiger partial charge in [-0.3, -0.25) is 4.90 Å². The molecule has 104 valence electrons. The molecule has 2 fully saturated rings. The van der Waals surface area contributed by atoms with Crippen molar-refractivity contribution in [3.05, 3.63) is 34.9 Å². The third-order valence-corrected chi connectivity index (χ3v) is 4.76. The van der Waals surface area contributed by atoms with Crippen LogP contribution in [0.5, 0.6) is 0 Å². The van der Waals surface area contributed by atoms with Crippen LogP contribution in [0.1, 0.15) is 42.0 Å². The highest BCUT2D eigenvalue weighted by Gasteiger charge is 2.34. The Balaban J connectivity index is 1.77. The second kappa shape index (κ2) is 5.26. The van der Waals surface area contributed by atoms with Crippen molar-refractivity contribution in [1.82, 2.24) is 10.2 Å². The van der Waals surface area contributed by atoms with Gasteiger partial charge in [-0.2, -0.15) is 0 Å². The summed E-state index contributed by atoms with van der Waals surface area (Å²) in [5.41, 5.74) is 4.36. The molecule has 19 heavy (non-hydrogen) atoms. The largest absolute Gasteiger partial charge is 0.314 e. The van der Waals surface area contributed by atoms with Gasteiger partial charge in [-0.05, 0) is 63.7 Å². The highest BCUT2D eigenvalue weighted by atomic mass is 15.2. The summed E-state index contributed by atoms with van der Waals surface area (Å²) in [6.45, 7) is 6.86. The van der Waals surface area contributed by atoms with Gasteiger partial charge < -0.3 is 5.32 Å². The first-order valence-corrected chi connectivity index (χ1v) is 7.66. The van der Waals surface area contributed by atoms with Crippen molar-refractivity contribution >= 4 is 0 Å². The summed E-state index contributed by atoms with van der Waals surface area (Å²) in [6.07, 6.45) is 4.10. The minimum atomic E-state index is 0.604. The molecule has 2 aliphatic rings. The van der Waals surface area contributed by atoms with Crippen LogP contribution in [0.4, 0.5) is 0 Å². The quantitative estimate of drug-likeness (QED) is 0.893. The Labute approximate surface area is 117 Å². The molecule has 1 aromatic carbocycles. The average molecular weight is 258 g/mol. The van der Waals surface area contributed by atoms with Crippen molar-refractivity contribution in [2.24, 2.45) is 5.92 Å². The minimum Gasteiger partial charge on any atom is -0.314 e. The van der Waals surface area contributed by atoms with Gasteiger partial charge in [0.05, 0.1) is 0 Å². The predicted octanol–water partition coefficient (Wildman–Crippen LogP) is 3.05. The molecule has 0 bridgehead atoms. The second-order valence-electron chi connectivity index (χ2n) is 6.52. The molecule has 2 nitrogen and oxygen atoms in total. The lowest BCUT2D eigenvalue weighted by Gasteiger charge is -2.27. The van der Waals surface area contributed by atoms with Gasteiger partial charge in [0.25, 0.3) is 0 Å². The standard InChI is InChI=1S/C17H26N2/c1-12-4-7-16(13(2)10-12)17-14(8-9-19(17)3)11-18-15-5-6-15/h4,7,10,14-15,17-18H,5-6,8-9,11H2,1-3H3. The number of hydrogen-bond acceptors (Lipinski definition) is 2. The summed E-state index contributed by atoms with van der Waals surface area (Å²) in [4.78, 5) is 2.54. The number of benzene rings is 1. The van der Waals surface area contributed by atoms with E-state index in [1.807, 2.05) is 0 Å². The van der Waals surface area contributed by atoms with Gasteiger partial charge in [-0.15, -0.1) is 0 Å². The topological polar surface area (TPSA) is 15.3 Å². The second-order valence-corrected chi connectivity index (χ2v) is 6.52. The van der Waals surface area contributed by atoms with E-state index in [0.29, 0.717) is 6.04 Å². The van der Waals surface area contributed by atoms with Crippen molar-refractivity contribution < 1.29 is 0 Å². The Morgan fingerprint density at radius 3 is 2.68 bits per heavy atom. The molecule has 3 rings (SSSR count). The normalized spacial score (nSPS) is 27.9. The average Bonchev–Trinajstić information content (AvgIpc) is 3.12. The SMILES string of the molecule is Cc1ccc(C2C(CNC3CC3)CCN2C)c(C)c1. The Bertz CT molecular complexity index is 451. The molecule has 1 saturated heterocycles. The van der Waals surface area contributed by atoms with E-state index in [0.717, 1.165) is 12.0 Å². The molecule has 2 unspecified atom stereocenters. The van der Waals surface area contributed by atoms with Crippen molar-refractivity contribution in [1.29, 1.82) is 0 Å². The van der Waals surface area contributed by atoms with Crippen LogP contribution >= 0.6 is 0 Å². The van der Waals surface area contributed by atoms with E-state index >= 15 is 0 Å². The Morgan fingerprint density at radius 2 is 2.00 bits per heavy atom. The Kier molecular flexibility index (Phi) is 3.64. The van der Waals surface area contributed by atoms with Gasteiger partial charge in [0.1, 0.15) is 0 Å². The van der Waals surface area contributed by atoms with Crippen LogP contribution in [0.15, 0.2) is 18.2 Å². The number of aryl methyl sites for hydroxylation is 2. The van der Waals surface area contributed by atoms with Crippen molar-refractivity contribution in [3.8, 4) is 0 Å². The molecule has 1 aliphatic carbocycles. The molecule has 1 heterocycles. The fourth-order valence-corrected chi connectivity index (χ4v) is 3.49. The highest BCUT2D eigenvalue weighted by molar-refractivity contribution is 5.34. The van der Waals surface area contributed by atoms with Crippen molar-refractivity contribution in [3.63, 3.8) is 0 Å². The number of likely N-dealkylation sites (tertiary alicyclic amines) is 1. The maximum absolute atomic E-state index is 3.72. The van der Waals surface area contributed by atoms with E-state index < -0.39 is 0 Å². The number of nitrogens with zero attached hydrogens (tertiary/aromatic N) is 1. The summed E-state index contributed by atoms with van der Waals surface area (Å²) >= 11 is 0. The summed E-state index contributed by atoms with van der Waals surface area (Å²) in [5.74, 6) is 0.770. The molecule has 0 spiro atoms. The fourth-order valence-electron chi connectivity index (χ4n) is 3.49. The van der Waals surface area contributed by atoms with E-state index in [9.17, 15) is 0 Å². The van der Waals surface area contributed by atoms with Crippen molar-refractivity contribution in [2.75, 3.05) is 20.1 Å². The zero-order chi connectivity index (χ0) is 13.4. The molecule has 0 aromatic heterocycles. The lowest BCUT2D eigenvalue weighted by molar-refractivity contribution is 0.271. The summed E-state index contributed by atoms with van der Waals surface area (Å²) in [6, 6.07) is 8.37. The predicted molar refractivity (Wildman–Crippen MR) is 80.4 cm³/mol. The maximum atomic E-state index is 3.72. The molecule has 2 atom stereocenters. The van der Waals surface area contributed by atoms with Crippen LogP contribution in [0.25, 0.3) is 0 Å². The van der Waals surface area contributed by atoms with E-state index in [1.54, 1.807) is 0 Å². The Morgan fingerprint density at radius 1 is 1.21 bits per heavy atom. The molecular weight excluding hydrogens is 232 g/mol. The van der Waals surface area contributed by atoms with Gasteiger partial charge in [-0.1, -0.05) is 23.8 Å². The minimum absolute atomic E-state index is 0.604. The Hall–Kier alpha value is -0.860. The molecule has 2 heteroatoms. The lowest BCUT2D eigenvalue weighted by Crippen LogP contribution is -2.30. The maximum Gasteiger partial charge on any atom is 0.0388 e. The highest BCUT2D eigenvalue weighted by Crippen LogP contribution is 2.37. The van der Waals surface area contributed by atoms with Gasteiger partial charge in [0.2, 0.25) is 0 Å². The van der Waals surface area contributed by atoms with E-state index in [4.69, 9.17) is 0 Å². The van der Waals surface area contributed by atoms with E-state index in [1.165, 1.54) is 49.0 Å². The van der Waals surface area contributed by atoms with E-state index in [-0.39, 0.29) is 0 Å². The summed E-state index contributed by atoms with van der Waals surface area (Å²) in [7, 11) is 2.28. The molecular formula is C17H26N2. The third-order valence-electron chi connectivity index (χ3n) is 4.76. The van der Waals surface area contributed by atoms with Gasteiger partial charge >= 0.3 is 0 Å². The monoisotopic (exact) mass is 258 g/mol. The number of rotatable bonds is 4. The van der Waals surface area contributed by atoms with Crippen LogP contribution in [-0.4, -0.2) is 31.1 Å². The van der Waals surface area contributed by atoms with Gasteiger partial charge in [0, 0.05) is 18.6 Å². The molecule has 1 saturated carbocycles. The first-order valence-electron chi connectivity index (χ1n) is 7.66. The number of hydrogen-bond donors (Lipinski definition) is 1. The van der Waals surface area contributed by atoms with Crippen LogP contribution in [0.3, 0.4) is 0 Å². The van der Waals surface area contributed by atoms with Crippen LogP contribution in [0, 0.1) is 19.8 Å². The lowest BCUT2D eigenvalue weighted by atomic mass is 9.90. The molecule has 0 radical (unpaired) electrons. The zero-order valence-electron chi connectivity index (χ0n) is 12.4. The summed E-state index contributed by atoms with van der Waals surface area (Å²) < 4.78 is 0. The van der Waals surface area contributed by atoms with Gasteiger partial charge in [-0.25, -0.2) is 0 Å². The van der Waals surface area contributed by atoms with Gasteiger partial charge in [0.15, 0.2) is 0 Å². The third kappa shape index (κ3) is 2.85. The van der Waals surface area contributed by atoms with Crippen LogP contribution < -0.4 is 5.32 Å². The first-order chi connectivity index (χ1) is 9.15. The zero-order valence-corrected chi connectivity index (χ0v) is 12.4. The molecule has 1 N–H and O–H groups in total. The van der Waals surface area contributed by atoms with E-state index in [2.05, 4.69) is 49.3 Å². The first kappa shape index (κ1) is 13.1.